The summed E-state index contributed by atoms with van der Waals surface area (Å²) in [4.78, 5) is 10.5. The van der Waals surface area contributed by atoms with Gasteiger partial charge in [0.2, 0.25) is 0 Å². The Morgan fingerprint density at radius 3 is 3.11 bits per heavy atom. The third-order valence-electron chi connectivity index (χ3n) is 2.85. The van der Waals surface area contributed by atoms with Crippen molar-refractivity contribution in [2.75, 3.05) is 18.1 Å². The molecule has 0 aromatic carbocycles. The van der Waals surface area contributed by atoms with Crippen molar-refractivity contribution in [1.29, 1.82) is 0 Å². The monoisotopic (exact) mass is 275 g/mol. The maximum absolute atomic E-state index is 9.24. The second-order valence-corrected chi connectivity index (χ2v) is 4.89. The van der Waals surface area contributed by atoms with Gasteiger partial charge in [-0.25, -0.2) is 9.97 Å². The van der Waals surface area contributed by atoms with Crippen molar-refractivity contribution in [1.82, 2.24) is 20.2 Å². The topological polar surface area (TPSA) is 77.9 Å². The van der Waals surface area contributed by atoms with Crippen molar-refractivity contribution in [3.63, 3.8) is 0 Å². The molecule has 0 saturated carbocycles. The highest BCUT2D eigenvalue weighted by molar-refractivity contribution is 7.07. The fraction of sp³-hybridized carbons (Fsp3) is 0.250. The molecule has 3 aromatic heterocycles. The number of hydrogen-bond acceptors (Lipinski definition) is 6. The average Bonchev–Trinajstić information content (AvgIpc) is 3.08. The molecule has 0 aliphatic carbocycles. The van der Waals surface area contributed by atoms with Crippen molar-refractivity contribution in [2.45, 2.75) is 6.54 Å². The molecule has 0 aliphatic heterocycles. The van der Waals surface area contributed by atoms with Gasteiger partial charge in [-0.1, -0.05) is 0 Å². The summed E-state index contributed by atoms with van der Waals surface area (Å²) in [5, 5.41) is 21.1. The highest BCUT2D eigenvalue weighted by atomic mass is 32.1. The van der Waals surface area contributed by atoms with E-state index in [1.165, 1.54) is 11.9 Å². The zero-order chi connectivity index (χ0) is 13.1. The molecule has 6 nitrogen and oxygen atoms in total. The molecule has 0 bridgehead atoms. The zero-order valence-corrected chi connectivity index (χ0v) is 11.0. The molecule has 0 atom stereocenters. The molecule has 0 saturated heterocycles. The summed E-state index contributed by atoms with van der Waals surface area (Å²) in [6.07, 6.45) is 3.22. The van der Waals surface area contributed by atoms with Gasteiger partial charge in [0.05, 0.1) is 18.2 Å². The molecule has 3 rings (SSSR count). The molecule has 3 heterocycles. The van der Waals surface area contributed by atoms with Crippen LogP contribution in [0.5, 0.6) is 0 Å². The number of aliphatic hydroxyl groups excluding tert-OH is 1. The van der Waals surface area contributed by atoms with Crippen molar-refractivity contribution in [3.8, 4) is 0 Å². The van der Waals surface area contributed by atoms with Crippen molar-refractivity contribution < 1.29 is 5.11 Å². The van der Waals surface area contributed by atoms with E-state index >= 15 is 0 Å². The van der Waals surface area contributed by atoms with Crippen LogP contribution in [0, 0.1) is 0 Å². The molecule has 0 fully saturated rings. The van der Waals surface area contributed by atoms with E-state index in [4.69, 9.17) is 0 Å². The normalized spacial score (nSPS) is 11.0. The van der Waals surface area contributed by atoms with Crippen LogP contribution in [0.1, 0.15) is 5.56 Å². The summed E-state index contributed by atoms with van der Waals surface area (Å²) in [6.45, 7) is 1.31. The van der Waals surface area contributed by atoms with Gasteiger partial charge >= 0.3 is 0 Å². The van der Waals surface area contributed by atoms with Crippen LogP contribution < -0.4 is 4.90 Å². The number of thiophene rings is 1. The third kappa shape index (κ3) is 2.42. The predicted molar refractivity (Wildman–Crippen MR) is 74.1 cm³/mol. The smallest absolute Gasteiger partial charge is 0.160 e. The average molecular weight is 275 g/mol. The summed E-state index contributed by atoms with van der Waals surface area (Å²) in [5.41, 5.74) is 1.91. The molecule has 19 heavy (non-hydrogen) atoms. The van der Waals surface area contributed by atoms with Gasteiger partial charge in [-0.2, -0.15) is 16.4 Å². The molecule has 0 radical (unpaired) electrons. The second kappa shape index (κ2) is 5.33. The maximum Gasteiger partial charge on any atom is 0.160 e. The predicted octanol–water partition coefficient (Wildman–Crippen LogP) is 1.41. The van der Waals surface area contributed by atoms with Gasteiger partial charge in [0.1, 0.15) is 12.1 Å². The van der Waals surface area contributed by atoms with Crippen LogP contribution in [0.25, 0.3) is 11.0 Å². The van der Waals surface area contributed by atoms with E-state index in [0.717, 1.165) is 11.2 Å². The first kappa shape index (κ1) is 12.1. The number of nitrogens with one attached hydrogen (secondary N) is 1. The van der Waals surface area contributed by atoms with Gasteiger partial charge in [-0.15, -0.1) is 0 Å². The van der Waals surface area contributed by atoms with Gasteiger partial charge in [-0.3, -0.25) is 5.10 Å². The molecule has 0 unspecified atom stereocenters. The Bertz CT molecular complexity index is 651. The summed E-state index contributed by atoms with van der Waals surface area (Å²) < 4.78 is 0. The number of H-pyrrole nitrogens is 1. The van der Waals surface area contributed by atoms with Crippen molar-refractivity contribution in [3.05, 3.63) is 34.9 Å². The molecular formula is C12H13N5OS. The van der Waals surface area contributed by atoms with Crippen LogP contribution in [0.4, 0.5) is 5.82 Å². The molecule has 7 heteroatoms. The number of nitrogens with zero attached hydrogens (tertiary/aromatic N) is 4. The van der Waals surface area contributed by atoms with Crippen LogP contribution in [0.3, 0.4) is 0 Å². The summed E-state index contributed by atoms with van der Waals surface area (Å²) in [6, 6.07) is 2.07. The van der Waals surface area contributed by atoms with Crippen LogP contribution >= 0.6 is 11.3 Å². The van der Waals surface area contributed by atoms with Gasteiger partial charge in [0, 0.05) is 13.1 Å². The van der Waals surface area contributed by atoms with E-state index in [0.29, 0.717) is 18.7 Å². The maximum atomic E-state index is 9.24. The number of aromatic nitrogens is 4. The SMILES string of the molecule is OCCN(Cc1ccsc1)c1ncnc2[nH]ncc12. The fourth-order valence-corrected chi connectivity index (χ4v) is 2.65. The first-order valence-electron chi connectivity index (χ1n) is 5.89. The lowest BCUT2D eigenvalue weighted by Gasteiger charge is -2.22. The lowest BCUT2D eigenvalue weighted by molar-refractivity contribution is 0.301. The van der Waals surface area contributed by atoms with Crippen LogP contribution in [0.15, 0.2) is 29.4 Å². The second-order valence-electron chi connectivity index (χ2n) is 4.11. The van der Waals surface area contributed by atoms with Gasteiger partial charge in [0.25, 0.3) is 0 Å². The number of fused-ring (bicyclic) bond motifs is 1. The minimum Gasteiger partial charge on any atom is -0.395 e. The van der Waals surface area contributed by atoms with Crippen molar-refractivity contribution >= 4 is 28.2 Å². The summed E-state index contributed by atoms with van der Waals surface area (Å²) in [5.74, 6) is 0.791. The van der Waals surface area contributed by atoms with E-state index in [1.54, 1.807) is 17.5 Å². The molecular weight excluding hydrogens is 262 g/mol. The lowest BCUT2D eigenvalue weighted by Crippen LogP contribution is -2.27. The largest absolute Gasteiger partial charge is 0.395 e. The highest BCUT2D eigenvalue weighted by Crippen LogP contribution is 2.23. The summed E-state index contributed by atoms with van der Waals surface area (Å²) in [7, 11) is 0. The molecule has 98 valence electrons. The van der Waals surface area contributed by atoms with E-state index in [-0.39, 0.29) is 6.61 Å². The minimum atomic E-state index is 0.0769. The molecule has 0 spiro atoms. The standard InChI is InChI=1S/C12H13N5OS/c18-3-2-17(6-9-1-4-19-7-9)12-10-5-15-16-11(10)13-8-14-12/h1,4-5,7-8,18H,2-3,6H2,(H,13,14,15,16). The number of anilines is 1. The fourth-order valence-electron chi connectivity index (χ4n) is 1.99. The lowest BCUT2D eigenvalue weighted by atomic mass is 10.3. The van der Waals surface area contributed by atoms with Crippen molar-refractivity contribution in [2.24, 2.45) is 0 Å². The van der Waals surface area contributed by atoms with Gasteiger partial charge in [0.15, 0.2) is 5.65 Å². The Morgan fingerprint density at radius 2 is 2.32 bits per heavy atom. The molecule has 3 aromatic rings. The quantitative estimate of drug-likeness (QED) is 0.736. The number of aliphatic hydroxyl groups is 1. The van der Waals surface area contributed by atoms with Gasteiger partial charge in [-0.05, 0) is 22.4 Å². The first-order valence-corrected chi connectivity index (χ1v) is 6.83. The minimum absolute atomic E-state index is 0.0769. The third-order valence-corrected chi connectivity index (χ3v) is 3.58. The van der Waals surface area contributed by atoms with E-state index in [2.05, 4.69) is 31.6 Å². The number of aromatic amines is 1. The first-order chi connectivity index (χ1) is 9.38. The van der Waals surface area contributed by atoms with Crippen LogP contribution in [-0.4, -0.2) is 38.4 Å². The highest BCUT2D eigenvalue weighted by Gasteiger charge is 2.13. The number of rotatable bonds is 5. The zero-order valence-electron chi connectivity index (χ0n) is 10.2. The Kier molecular flexibility index (Phi) is 3.39. The van der Waals surface area contributed by atoms with Gasteiger partial charge < -0.3 is 10.0 Å². The van der Waals surface area contributed by atoms with Crippen LogP contribution in [0.2, 0.25) is 0 Å². The Morgan fingerprint density at radius 1 is 1.37 bits per heavy atom. The molecule has 0 aliphatic rings. The molecule has 0 amide bonds. The molecule has 2 N–H and O–H groups in total. The number of hydrogen-bond donors (Lipinski definition) is 2. The Hall–Kier alpha value is -1.99. The van der Waals surface area contributed by atoms with E-state index < -0.39 is 0 Å². The Balaban J connectivity index is 1.97. The van der Waals surface area contributed by atoms with Crippen LogP contribution in [-0.2, 0) is 6.54 Å². The Labute approximate surface area is 113 Å². The van der Waals surface area contributed by atoms with E-state index in [9.17, 15) is 5.11 Å². The van der Waals surface area contributed by atoms with E-state index in [1.807, 2.05) is 10.3 Å². The summed E-state index contributed by atoms with van der Waals surface area (Å²) >= 11 is 1.66.